The van der Waals surface area contributed by atoms with E-state index in [1.54, 1.807) is 7.05 Å². The molecule has 0 radical (unpaired) electrons. The molecule has 1 saturated heterocycles. The van der Waals surface area contributed by atoms with Crippen LogP contribution in [-0.4, -0.2) is 39.0 Å². The third-order valence-electron chi connectivity index (χ3n) is 3.41. The summed E-state index contributed by atoms with van der Waals surface area (Å²) in [6, 6.07) is 7.45. The largest absolute Gasteiger partial charge is 0.381 e. The molecule has 1 aliphatic heterocycles. The Morgan fingerprint density at radius 1 is 1.26 bits per heavy atom. The topological polar surface area (TPSA) is 46.6 Å². The van der Waals surface area contributed by atoms with E-state index in [2.05, 4.69) is 15.9 Å². The van der Waals surface area contributed by atoms with Gasteiger partial charge in [-0.05, 0) is 30.5 Å². The van der Waals surface area contributed by atoms with Crippen LogP contribution in [0.15, 0.2) is 28.7 Å². The predicted octanol–water partition coefficient (Wildman–Crippen LogP) is 2.39. The van der Waals surface area contributed by atoms with Gasteiger partial charge in [-0.3, -0.25) is 0 Å². The summed E-state index contributed by atoms with van der Waals surface area (Å²) in [5.41, 5.74) is 0.808. The van der Waals surface area contributed by atoms with Crippen molar-refractivity contribution in [1.29, 1.82) is 0 Å². The van der Waals surface area contributed by atoms with Gasteiger partial charge in [-0.25, -0.2) is 12.7 Å². The monoisotopic (exact) mass is 347 g/mol. The fourth-order valence-electron chi connectivity index (χ4n) is 2.17. The average Bonchev–Trinajstić information content (AvgIpc) is 2.41. The molecule has 0 spiro atoms. The number of halogens is 1. The lowest BCUT2D eigenvalue weighted by Crippen LogP contribution is -2.41. The van der Waals surface area contributed by atoms with Gasteiger partial charge in [-0.15, -0.1) is 0 Å². The van der Waals surface area contributed by atoms with Crippen molar-refractivity contribution in [3.63, 3.8) is 0 Å². The van der Waals surface area contributed by atoms with Gasteiger partial charge in [0.1, 0.15) is 0 Å². The fraction of sp³-hybridized carbons (Fsp3) is 0.538. The van der Waals surface area contributed by atoms with Crippen molar-refractivity contribution in [2.24, 2.45) is 0 Å². The molecule has 2 rings (SSSR count). The standard InChI is InChI=1S/C13H18BrNO3S/c1-15(13-6-8-18-9-7-13)19(16,17)10-11-2-4-12(14)5-3-11/h2-5,13H,6-10H2,1H3. The van der Waals surface area contributed by atoms with E-state index in [0.717, 1.165) is 22.9 Å². The molecule has 1 aromatic carbocycles. The highest BCUT2D eigenvalue weighted by Gasteiger charge is 2.27. The summed E-state index contributed by atoms with van der Waals surface area (Å²) >= 11 is 3.34. The molecule has 0 N–H and O–H groups in total. The number of rotatable bonds is 4. The zero-order valence-electron chi connectivity index (χ0n) is 10.9. The second kappa shape index (κ2) is 6.35. The minimum absolute atomic E-state index is 0.0497. The Labute approximate surface area is 122 Å². The van der Waals surface area contributed by atoms with Gasteiger partial charge in [0.2, 0.25) is 10.0 Å². The molecule has 0 atom stereocenters. The molecule has 0 amide bonds. The Bertz CT molecular complexity index is 509. The number of sulfonamides is 1. The molecule has 1 aliphatic rings. The van der Waals surface area contributed by atoms with Crippen LogP contribution < -0.4 is 0 Å². The van der Waals surface area contributed by atoms with Gasteiger partial charge in [0, 0.05) is 30.8 Å². The minimum atomic E-state index is -3.26. The highest BCUT2D eigenvalue weighted by Crippen LogP contribution is 2.20. The first kappa shape index (κ1) is 15.0. The number of hydrogen-bond acceptors (Lipinski definition) is 3. The molecule has 19 heavy (non-hydrogen) atoms. The molecular weight excluding hydrogens is 330 g/mol. The van der Waals surface area contributed by atoms with E-state index in [0.29, 0.717) is 13.2 Å². The molecule has 4 nitrogen and oxygen atoms in total. The van der Waals surface area contributed by atoms with Gasteiger partial charge < -0.3 is 4.74 Å². The summed E-state index contributed by atoms with van der Waals surface area (Å²) < 4.78 is 32.4. The number of nitrogens with zero attached hydrogens (tertiary/aromatic N) is 1. The summed E-state index contributed by atoms with van der Waals surface area (Å²) in [7, 11) is -1.59. The Morgan fingerprint density at radius 2 is 1.84 bits per heavy atom. The number of hydrogen-bond donors (Lipinski definition) is 0. The van der Waals surface area contributed by atoms with Crippen molar-refractivity contribution >= 4 is 26.0 Å². The third-order valence-corrected chi connectivity index (χ3v) is 5.81. The molecule has 1 fully saturated rings. The summed E-state index contributed by atoms with van der Waals surface area (Å²) in [5.74, 6) is 0.0497. The Balaban J connectivity index is 2.06. The van der Waals surface area contributed by atoms with Gasteiger partial charge in [0.25, 0.3) is 0 Å². The first-order valence-corrected chi connectivity index (χ1v) is 8.67. The van der Waals surface area contributed by atoms with Crippen LogP contribution in [0.25, 0.3) is 0 Å². The maximum Gasteiger partial charge on any atom is 0.218 e. The zero-order valence-corrected chi connectivity index (χ0v) is 13.3. The van der Waals surface area contributed by atoms with E-state index in [1.165, 1.54) is 4.31 Å². The minimum Gasteiger partial charge on any atom is -0.381 e. The molecule has 0 saturated carbocycles. The van der Waals surface area contributed by atoms with Crippen molar-refractivity contribution in [1.82, 2.24) is 4.31 Å². The van der Waals surface area contributed by atoms with E-state index < -0.39 is 10.0 Å². The SMILES string of the molecule is CN(C1CCOCC1)S(=O)(=O)Cc1ccc(Br)cc1. The molecule has 0 bridgehead atoms. The Morgan fingerprint density at radius 3 is 2.42 bits per heavy atom. The molecule has 106 valence electrons. The first-order valence-electron chi connectivity index (χ1n) is 6.27. The molecule has 0 aliphatic carbocycles. The van der Waals surface area contributed by atoms with Crippen molar-refractivity contribution < 1.29 is 13.2 Å². The Hall–Kier alpha value is -0.430. The number of ether oxygens (including phenoxy) is 1. The van der Waals surface area contributed by atoms with E-state index in [9.17, 15) is 8.42 Å². The van der Waals surface area contributed by atoms with Gasteiger partial charge >= 0.3 is 0 Å². The third kappa shape index (κ3) is 4.02. The van der Waals surface area contributed by atoms with Crippen molar-refractivity contribution in [2.45, 2.75) is 24.6 Å². The molecule has 0 aromatic heterocycles. The molecule has 0 unspecified atom stereocenters. The summed E-state index contributed by atoms with van der Waals surface area (Å²) in [4.78, 5) is 0. The molecule has 1 heterocycles. The lowest BCUT2D eigenvalue weighted by Gasteiger charge is -2.30. The van der Waals surface area contributed by atoms with Gasteiger partial charge in [-0.2, -0.15) is 0 Å². The van der Waals surface area contributed by atoms with Crippen LogP contribution in [0.5, 0.6) is 0 Å². The van der Waals surface area contributed by atoms with E-state index in [-0.39, 0.29) is 11.8 Å². The zero-order chi connectivity index (χ0) is 13.9. The fourth-order valence-corrected chi connectivity index (χ4v) is 3.92. The lowest BCUT2D eigenvalue weighted by atomic mass is 10.1. The van der Waals surface area contributed by atoms with Gasteiger partial charge in [0.05, 0.1) is 5.75 Å². The Kier molecular flexibility index (Phi) is 5.00. The molecular formula is C13H18BrNO3S. The summed E-state index contributed by atoms with van der Waals surface area (Å²) in [6.07, 6.45) is 1.55. The van der Waals surface area contributed by atoms with Crippen LogP contribution in [0.3, 0.4) is 0 Å². The molecule has 1 aromatic rings. The van der Waals surface area contributed by atoms with Gasteiger partial charge in [0.15, 0.2) is 0 Å². The molecule has 6 heteroatoms. The van der Waals surface area contributed by atoms with Crippen LogP contribution in [0.2, 0.25) is 0 Å². The highest BCUT2D eigenvalue weighted by atomic mass is 79.9. The summed E-state index contributed by atoms with van der Waals surface area (Å²) in [5, 5.41) is 0. The highest BCUT2D eigenvalue weighted by molar-refractivity contribution is 9.10. The van der Waals surface area contributed by atoms with Crippen LogP contribution in [-0.2, 0) is 20.5 Å². The van der Waals surface area contributed by atoms with Crippen LogP contribution in [0.1, 0.15) is 18.4 Å². The second-order valence-corrected chi connectivity index (χ2v) is 7.69. The van der Waals surface area contributed by atoms with Crippen molar-refractivity contribution in [2.75, 3.05) is 20.3 Å². The van der Waals surface area contributed by atoms with Crippen LogP contribution in [0.4, 0.5) is 0 Å². The maximum atomic E-state index is 12.4. The first-order chi connectivity index (χ1) is 8.99. The maximum absolute atomic E-state index is 12.4. The normalized spacial score (nSPS) is 17.8. The average molecular weight is 348 g/mol. The van der Waals surface area contributed by atoms with E-state index in [1.807, 2.05) is 24.3 Å². The van der Waals surface area contributed by atoms with Crippen LogP contribution >= 0.6 is 15.9 Å². The number of benzene rings is 1. The smallest absolute Gasteiger partial charge is 0.218 e. The quantitative estimate of drug-likeness (QED) is 0.839. The summed E-state index contributed by atoms with van der Waals surface area (Å²) in [6.45, 7) is 1.28. The van der Waals surface area contributed by atoms with E-state index >= 15 is 0 Å². The van der Waals surface area contributed by atoms with Crippen LogP contribution in [0, 0.1) is 0 Å². The lowest BCUT2D eigenvalue weighted by molar-refractivity contribution is 0.0632. The van der Waals surface area contributed by atoms with Crippen molar-refractivity contribution in [3.8, 4) is 0 Å². The van der Waals surface area contributed by atoms with Crippen molar-refractivity contribution in [3.05, 3.63) is 34.3 Å². The second-order valence-electron chi connectivity index (χ2n) is 4.74. The predicted molar refractivity (Wildman–Crippen MR) is 78.4 cm³/mol. The van der Waals surface area contributed by atoms with Gasteiger partial charge in [-0.1, -0.05) is 28.1 Å². The van der Waals surface area contributed by atoms with E-state index in [4.69, 9.17) is 4.74 Å².